The number of hydrogen-bond donors (Lipinski definition) is 3. The molecule has 3 atom stereocenters. The fourth-order valence-electron chi connectivity index (χ4n) is 2.35. The van der Waals surface area contributed by atoms with E-state index in [9.17, 15) is 4.79 Å². The minimum atomic E-state index is -0.218. The van der Waals surface area contributed by atoms with Gasteiger partial charge in [0, 0.05) is 6.04 Å². The SMILES string of the molecule is C[C@@H](Sc1n[nH]c(N)n1)C(=O)N[C@H]1CCCC[C@@H]1C. The molecule has 0 aliphatic heterocycles. The highest BCUT2D eigenvalue weighted by Gasteiger charge is 2.25. The third-order valence-corrected chi connectivity index (χ3v) is 4.53. The number of aromatic nitrogens is 3. The van der Waals surface area contributed by atoms with Gasteiger partial charge in [-0.2, -0.15) is 4.98 Å². The molecule has 0 spiro atoms. The summed E-state index contributed by atoms with van der Waals surface area (Å²) in [5.74, 6) is 0.886. The summed E-state index contributed by atoms with van der Waals surface area (Å²) in [6.07, 6.45) is 4.75. The van der Waals surface area contributed by atoms with E-state index in [4.69, 9.17) is 5.73 Å². The normalized spacial score (nSPS) is 24.9. The van der Waals surface area contributed by atoms with Gasteiger partial charge in [-0.25, -0.2) is 5.10 Å². The van der Waals surface area contributed by atoms with E-state index in [0.717, 1.165) is 6.42 Å². The van der Waals surface area contributed by atoms with Crippen molar-refractivity contribution in [3.05, 3.63) is 0 Å². The average Bonchev–Trinajstić information content (AvgIpc) is 2.77. The van der Waals surface area contributed by atoms with Gasteiger partial charge < -0.3 is 11.1 Å². The Hall–Kier alpha value is -1.24. The van der Waals surface area contributed by atoms with E-state index in [2.05, 4.69) is 27.4 Å². The Kier molecular flexibility index (Phi) is 4.68. The van der Waals surface area contributed by atoms with Crippen molar-refractivity contribution in [1.82, 2.24) is 20.5 Å². The van der Waals surface area contributed by atoms with Gasteiger partial charge in [0.2, 0.25) is 17.0 Å². The maximum atomic E-state index is 12.1. The molecular formula is C12H21N5OS. The van der Waals surface area contributed by atoms with Gasteiger partial charge in [-0.1, -0.05) is 31.5 Å². The Morgan fingerprint density at radius 1 is 1.53 bits per heavy atom. The first kappa shape index (κ1) is 14.2. The second-order valence-electron chi connectivity index (χ2n) is 5.14. The number of nitrogen functional groups attached to an aromatic ring is 1. The highest BCUT2D eigenvalue weighted by Crippen LogP contribution is 2.25. The molecule has 1 amide bonds. The number of hydrogen-bond acceptors (Lipinski definition) is 5. The Morgan fingerprint density at radius 3 is 2.89 bits per heavy atom. The predicted molar refractivity (Wildman–Crippen MR) is 75.7 cm³/mol. The molecule has 4 N–H and O–H groups in total. The Bertz CT molecular complexity index is 436. The van der Waals surface area contributed by atoms with Crippen molar-refractivity contribution in [3.8, 4) is 0 Å². The van der Waals surface area contributed by atoms with Crippen LogP contribution in [0, 0.1) is 5.92 Å². The predicted octanol–water partition coefficient (Wildman–Crippen LogP) is 1.56. The molecule has 106 valence electrons. The van der Waals surface area contributed by atoms with Crippen LogP contribution in [-0.2, 0) is 4.79 Å². The topological polar surface area (TPSA) is 96.7 Å². The first-order chi connectivity index (χ1) is 9.06. The highest BCUT2D eigenvalue weighted by atomic mass is 32.2. The molecule has 1 aromatic rings. The Balaban J connectivity index is 1.85. The summed E-state index contributed by atoms with van der Waals surface area (Å²) < 4.78 is 0. The quantitative estimate of drug-likeness (QED) is 0.729. The number of thioether (sulfide) groups is 1. The van der Waals surface area contributed by atoms with Crippen LogP contribution in [0.25, 0.3) is 0 Å². The average molecular weight is 283 g/mol. The van der Waals surface area contributed by atoms with E-state index in [0.29, 0.717) is 17.1 Å². The van der Waals surface area contributed by atoms with Crippen LogP contribution >= 0.6 is 11.8 Å². The fraction of sp³-hybridized carbons (Fsp3) is 0.750. The van der Waals surface area contributed by atoms with Gasteiger partial charge in [-0.3, -0.25) is 4.79 Å². The molecule has 1 aromatic heterocycles. The summed E-state index contributed by atoms with van der Waals surface area (Å²) in [6.45, 7) is 4.07. The van der Waals surface area contributed by atoms with Crippen molar-refractivity contribution >= 4 is 23.6 Å². The third kappa shape index (κ3) is 3.86. The van der Waals surface area contributed by atoms with Gasteiger partial charge in [0.25, 0.3) is 0 Å². The number of rotatable bonds is 4. The monoisotopic (exact) mass is 283 g/mol. The molecule has 0 aromatic carbocycles. The molecule has 2 rings (SSSR count). The van der Waals surface area contributed by atoms with Crippen molar-refractivity contribution in [3.63, 3.8) is 0 Å². The lowest BCUT2D eigenvalue weighted by molar-refractivity contribution is -0.121. The number of aromatic amines is 1. The van der Waals surface area contributed by atoms with E-state index in [1.165, 1.54) is 31.0 Å². The van der Waals surface area contributed by atoms with Crippen LogP contribution in [0.3, 0.4) is 0 Å². The summed E-state index contributed by atoms with van der Waals surface area (Å²) in [4.78, 5) is 16.1. The number of amides is 1. The molecule has 1 aliphatic rings. The van der Waals surface area contributed by atoms with Crippen LogP contribution in [0.1, 0.15) is 39.5 Å². The number of nitrogens with zero attached hydrogens (tertiary/aromatic N) is 2. The minimum absolute atomic E-state index is 0.0483. The van der Waals surface area contributed by atoms with Crippen LogP contribution in [0.15, 0.2) is 5.16 Å². The molecular weight excluding hydrogens is 262 g/mol. The maximum Gasteiger partial charge on any atom is 0.233 e. The van der Waals surface area contributed by atoms with E-state index in [1.54, 1.807) is 0 Å². The van der Waals surface area contributed by atoms with Crippen LogP contribution < -0.4 is 11.1 Å². The largest absolute Gasteiger partial charge is 0.368 e. The van der Waals surface area contributed by atoms with Gasteiger partial charge in [0.1, 0.15) is 0 Å². The zero-order chi connectivity index (χ0) is 13.8. The van der Waals surface area contributed by atoms with Crippen molar-refractivity contribution in [2.75, 3.05) is 5.73 Å². The maximum absolute atomic E-state index is 12.1. The third-order valence-electron chi connectivity index (χ3n) is 3.57. The number of H-pyrrole nitrogens is 1. The smallest absolute Gasteiger partial charge is 0.233 e. The van der Waals surface area contributed by atoms with Gasteiger partial charge in [0.15, 0.2) is 0 Å². The van der Waals surface area contributed by atoms with Crippen LogP contribution in [0.5, 0.6) is 0 Å². The number of carbonyl (C=O) groups is 1. The molecule has 6 nitrogen and oxygen atoms in total. The zero-order valence-corrected chi connectivity index (χ0v) is 12.2. The van der Waals surface area contributed by atoms with Crippen molar-refractivity contribution in [2.24, 2.45) is 5.92 Å². The lowest BCUT2D eigenvalue weighted by Crippen LogP contribution is -2.44. The van der Waals surface area contributed by atoms with E-state index < -0.39 is 0 Å². The zero-order valence-electron chi connectivity index (χ0n) is 11.3. The second kappa shape index (κ2) is 6.27. The molecule has 19 heavy (non-hydrogen) atoms. The summed E-state index contributed by atoms with van der Waals surface area (Å²) in [5, 5.41) is 9.92. The van der Waals surface area contributed by atoms with Crippen molar-refractivity contribution in [1.29, 1.82) is 0 Å². The lowest BCUT2D eigenvalue weighted by Gasteiger charge is -2.30. The van der Waals surface area contributed by atoms with Crippen LogP contribution in [0.2, 0.25) is 0 Å². The number of anilines is 1. The molecule has 0 bridgehead atoms. The van der Waals surface area contributed by atoms with E-state index in [1.807, 2.05) is 6.92 Å². The Labute approximate surface area is 117 Å². The summed E-state index contributed by atoms with van der Waals surface area (Å²) in [6, 6.07) is 0.307. The van der Waals surface area contributed by atoms with Crippen molar-refractivity contribution < 1.29 is 4.79 Å². The molecule has 0 radical (unpaired) electrons. The second-order valence-corrected chi connectivity index (χ2v) is 6.45. The van der Waals surface area contributed by atoms with E-state index in [-0.39, 0.29) is 17.1 Å². The Morgan fingerprint density at radius 2 is 2.26 bits per heavy atom. The van der Waals surface area contributed by atoms with Crippen LogP contribution in [0.4, 0.5) is 5.95 Å². The minimum Gasteiger partial charge on any atom is -0.368 e. The number of carbonyl (C=O) groups excluding carboxylic acids is 1. The van der Waals surface area contributed by atoms with Gasteiger partial charge >= 0.3 is 0 Å². The van der Waals surface area contributed by atoms with Gasteiger partial charge in [-0.15, -0.1) is 5.10 Å². The molecule has 0 unspecified atom stereocenters. The van der Waals surface area contributed by atoms with Gasteiger partial charge in [-0.05, 0) is 25.7 Å². The van der Waals surface area contributed by atoms with Crippen LogP contribution in [-0.4, -0.2) is 32.4 Å². The van der Waals surface area contributed by atoms with E-state index >= 15 is 0 Å². The molecule has 7 heteroatoms. The first-order valence-corrected chi connectivity index (χ1v) is 7.59. The lowest BCUT2D eigenvalue weighted by atomic mass is 9.86. The summed E-state index contributed by atoms with van der Waals surface area (Å²) in [7, 11) is 0. The highest BCUT2D eigenvalue weighted by molar-refractivity contribution is 8.00. The fourth-order valence-corrected chi connectivity index (χ4v) is 3.09. The molecule has 0 saturated heterocycles. The summed E-state index contributed by atoms with van der Waals surface area (Å²) in [5.41, 5.74) is 5.45. The molecule has 1 fully saturated rings. The molecule has 1 aliphatic carbocycles. The number of nitrogens with two attached hydrogens (primary N) is 1. The van der Waals surface area contributed by atoms with Crippen molar-refractivity contribution in [2.45, 2.75) is 56.0 Å². The van der Waals surface area contributed by atoms with Gasteiger partial charge in [0.05, 0.1) is 5.25 Å². The standard InChI is InChI=1S/C12H21N5OS/c1-7-5-3-4-6-9(7)14-10(18)8(2)19-12-15-11(13)16-17-12/h7-9H,3-6H2,1-2H3,(H,14,18)(H3,13,15,16,17)/t7-,8+,9-/m0/s1. The summed E-state index contributed by atoms with van der Waals surface area (Å²) >= 11 is 1.32. The number of nitrogens with one attached hydrogen (secondary N) is 2. The first-order valence-electron chi connectivity index (χ1n) is 6.71. The molecule has 1 saturated carbocycles. The molecule has 1 heterocycles.